The molecule has 2 aromatic heterocycles. The van der Waals surface area contributed by atoms with Crippen molar-refractivity contribution in [3.8, 4) is 0 Å². The van der Waals surface area contributed by atoms with E-state index in [-0.39, 0.29) is 10.7 Å². The van der Waals surface area contributed by atoms with Crippen molar-refractivity contribution in [1.29, 1.82) is 0 Å². The number of benzene rings is 1. The van der Waals surface area contributed by atoms with E-state index >= 15 is 0 Å². The Bertz CT molecular complexity index is 1130. The average Bonchev–Trinajstić information content (AvgIpc) is 3.09. The van der Waals surface area contributed by atoms with E-state index in [0.717, 1.165) is 42.9 Å². The lowest BCUT2D eigenvalue weighted by atomic mass is 9.93. The number of aromatic nitrogens is 2. The van der Waals surface area contributed by atoms with Crippen molar-refractivity contribution in [2.24, 2.45) is 5.92 Å². The summed E-state index contributed by atoms with van der Waals surface area (Å²) in [6.45, 7) is 1.45. The number of ether oxygens (including phenoxy) is 1. The summed E-state index contributed by atoms with van der Waals surface area (Å²) >= 11 is 0. The summed E-state index contributed by atoms with van der Waals surface area (Å²) in [5.74, 6) is -0.0278. The number of allylic oxidation sites excluding steroid dienone is 1. The van der Waals surface area contributed by atoms with Gasteiger partial charge in [0, 0.05) is 36.1 Å². The molecule has 0 atom stereocenters. The van der Waals surface area contributed by atoms with Crippen LogP contribution >= 0.6 is 0 Å². The zero-order valence-corrected chi connectivity index (χ0v) is 16.3. The predicted octanol–water partition coefficient (Wildman–Crippen LogP) is 3.96. The first-order valence-electron chi connectivity index (χ1n) is 9.15. The molecule has 1 aliphatic heterocycles. The molecule has 0 unspecified atom stereocenters. The molecule has 28 heavy (non-hydrogen) atoms. The minimum Gasteiger partial charge on any atom is -0.381 e. The van der Waals surface area contributed by atoms with E-state index in [1.54, 1.807) is 24.3 Å². The van der Waals surface area contributed by atoms with Crippen molar-refractivity contribution in [3.63, 3.8) is 0 Å². The quantitative estimate of drug-likeness (QED) is 0.719. The third-order valence-electron chi connectivity index (χ3n) is 4.99. The third-order valence-corrected chi connectivity index (χ3v) is 6.12. The second-order valence-electron chi connectivity index (χ2n) is 7.10. The van der Waals surface area contributed by atoms with E-state index in [1.165, 1.54) is 18.5 Å². The van der Waals surface area contributed by atoms with Crippen molar-refractivity contribution in [2.45, 2.75) is 17.7 Å². The molecule has 0 aliphatic carbocycles. The van der Waals surface area contributed by atoms with E-state index in [2.05, 4.69) is 16.0 Å². The van der Waals surface area contributed by atoms with Crippen molar-refractivity contribution in [1.82, 2.24) is 9.97 Å². The first-order chi connectivity index (χ1) is 13.4. The SMILES string of the molecule is CS(=O)(=O)c1ccc(/C(=C/C2CCOCC2)c2cc3cc(F)cnc3[nH]2)cc1. The lowest BCUT2D eigenvalue weighted by molar-refractivity contribution is 0.0786. The van der Waals surface area contributed by atoms with E-state index in [4.69, 9.17) is 4.74 Å². The van der Waals surface area contributed by atoms with Gasteiger partial charge >= 0.3 is 0 Å². The molecule has 1 saturated heterocycles. The normalized spacial score (nSPS) is 16.6. The molecule has 3 heterocycles. The maximum atomic E-state index is 13.5. The molecule has 1 N–H and O–H groups in total. The second-order valence-corrected chi connectivity index (χ2v) is 9.12. The Balaban J connectivity index is 1.80. The second kappa shape index (κ2) is 7.48. The highest BCUT2D eigenvalue weighted by Crippen LogP contribution is 2.30. The smallest absolute Gasteiger partial charge is 0.175 e. The molecule has 1 aliphatic rings. The Morgan fingerprint density at radius 2 is 1.93 bits per heavy atom. The van der Waals surface area contributed by atoms with Crippen LogP contribution in [0.1, 0.15) is 24.1 Å². The Labute approximate surface area is 163 Å². The topological polar surface area (TPSA) is 72.1 Å². The molecule has 7 heteroatoms. The standard InChI is InChI=1S/C21H21FN2O3S/c1-28(25,26)18-4-2-15(3-5-18)19(10-14-6-8-27-9-7-14)20-12-16-11-17(22)13-23-21(16)24-20/h2-5,10-14H,6-9H2,1H3,(H,23,24)/b19-10-. The fourth-order valence-corrected chi connectivity index (χ4v) is 4.11. The molecule has 146 valence electrons. The Morgan fingerprint density at radius 1 is 1.21 bits per heavy atom. The van der Waals surface area contributed by atoms with Crippen molar-refractivity contribution in [3.05, 3.63) is 65.7 Å². The van der Waals surface area contributed by atoms with E-state index in [9.17, 15) is 12.8 Å². The van der Waals surface area contributed by atoms with Gasteiger partial charge in [-0.3, -0.25) is 0 Å². The Kier molecular flexibility index (Phi) is 5.03. The van der Waals surface area contributed by atoms with Gasteiger partial charge in [-0.2, -0.15) is 0 Å². The average molecular weight is 400 g/mol. The van der Waals surface area contributed by atoms with Crippen LogP contribution in [0.15, 0.2) is 53.6 Å². The highest BCUT2D eigenvalue weighted by Gasteiger charge is 2.17. The van der Waals surface area contributed by atoms with Crippen molar-refractivity contribution in [2.75, 3.05) is 19.5 Å². The number of aromatic amines is 1. The van der Waals surface area contributed by atoms with Crippen molar-refractivity contribution >= 4 is 26.4 Å². The lowest BCUT2D eigenvalue weighted by Crippen LogP contribution is -2.14. The van der Waals surface area contributed by atoms with E-state index in [1.807, 2.05) is 6.07 Å². The highest BCUT2D eigenvalue weighted by molar-refractivity contribution is 7.90. The van der Waals surface area contributed by atoms with Gasteiger partial charge in [0.2, 0.25) is 0 Å². The number of H-pyrrole nitrogens is 1. The van der Waals surface area contributed by atoms with Gasteiger partial charge < -0.3 is 9.72 Å². The molecule has 0 radical (unpaired) electrons. The summed E-state index contributed by atoms with van der Waals surface area (Å²) in [5, 5.41) is 0.695. The monoisotopic (exact) mass is 400 g/mol. The maximum Gasteiger partial charge on any atom is 0.175 e. The van der Waals surface area contributed by atoms with Crippen LogP contribution < -0.4 is 0 Å². The summed E-state index contributed by atoms with van der Waals surface area (Å²) in [7, 11) is -3.26. The number of sulfone groups is 1. The van der Waals surface area contributed by atoms with Crippen LogP contribution in [0, 0.1) is 11.7 Å². The molecule has 0 saturated carbocycles. The molecular formula is C21H21FN2O3S. The number of nitrogens with zero attached hydrogens (tertiary/aromatic N) is 1. The van der Waals surface area contributed by atoms with E-state index < -0.39 is 9.84 Å². The molecule has 1 fully saturated rings. The highest BCUT2D eigenvalue weighted by atomic mass is 32.2. The summed E-state index contributed by atoms with van der Waals surface area (Å²) in [6, 6.07) is 10.2. The number of rotatable bonds is 4. The minimum absolute atomic E-state index is 0.280. The van der Waals surface area contributed by atoms with E-state index in [0.29, 0.717) is 17.0 Å². The summed E-state index contributed by atoms with van der Waals surface area (Å²) < 4.78 is 42.5. The molecular weight excluding hydrogens is 379 g/mol. The number of hydrogen-bond acceptors (Lipinski definition) is 4. The number of nitrogens with one attached hydrogen (secondary N) is 1. The van der Waals surface area contributed by atoms with Gasteiger partial charge in [-0.1, -0.05) is 18.2 Å². The van der Waals surface area contributed by atoms with Gasteiger partial charge in [0.1, 0.15) is 11.5 Å². The number of hydrogen-bond donors (Lipinski definition) is 1. The van der Waals surface area contributed by atoms with Gasteiger partial charge in [0.25, 0.3) is 0 Å². The van der Waals surface area contributed by atoms with Gasteiger partial charge in [0.05, 0.1) is 11.1 Å². The van der Waals surface area contributed by atoms with Crippen LogP contribution in [0.2, 0.25) is 0 Å². The molecule has 4 rings (SSSR count). The van der Waals surface area contributed by atoms with Crippen LogP contribution in [0.4, 0.5) is 4.39 Å². The first-order valence-corrected chi connectivity index (χ1v) is 11.0. The van der Waals surface area contributed by atoms with Crippen LogP contribution in [0.25, 0.3) is 16.6 Å². The fraction of sp³-hybridized carbons (Fsp3) is 0.286. The summed E-state index contributed by atoms with van der Waals surface area (Å²) in [6.07, 6.45) is 6.43. The van der Waals surface area contributed by atoms with Gasteiger partial charge in [-0.25, -0.2) is 17.8 Å². The molecule has 0 spiro atoms. The third kappa shape index (κ3) is 4.00. The largest absolute Gasteiger partial charge is 0.381 e. The molecule has 0 amide bonds. The van der Waals surface area contributed by atoms with Crippen molar-refractivity contribution < 1.29 is 17.5 Å². The van der Waals surface area contributed by atoms with Crippen LogP contribution in [-0.4, -0.2) is 37.9 Å². The Hall–Kier alpha value is -2.51. The molecule has 3 aromatic rings. The predicted molar refractivity (Wildman–Crippen MR) is 106 cm³/mol. The van der Waals surface area contributed by atoms with Crippen LogP contribution in [0.3, 0.4) is 0 Å². The maximum absolute atomic E-state index is 13.5. The lowest BCUT2D eigenvalue weighted by Gasteiger charge is -2.20. The fourth-order valence-electron chi connectivity index (χ4n) is 3.48. The van der Waals surface area contributed by atoms with Gasteiger partial charge in [-0.15, -0.1) is 0 Å². The van der Waals surface area contributed by atoms with Crippen LogP contribution in [-0.2, 0) is 14.6 Å². The summed E-state index contributed by atoms with van der Waals surface area (Å²) in [5.41, 5.74) is 3.28. The number of halogens is 1. The molecule has 0 bridgehead atoms. The van der Waals surface area contributed by atoms with Gasteiger partial charge in [-0.05, 0) is 48.6 Å². The zero-order chi connectivity index (χ0) is 19.7. The Morgan fingerprint density at radius 3 is 2.61 bits per heavy atom. The minimum atomic E-state index is -3.26. The zero-order valence-electron chi connectivity index (χ0n) is 15.5. The van der Waals surface area contributed by atoms with Crippen LogP contribution in [0.5, 0.6) is 0 Å². The number of pyridine rings is 1. The molecule has 1 aromatic carbocycles. The molecule has 5 nitrogen and oxygen atoms in total. The van der Waals surface area contributed by atoms with Gasteiger partial charge in [0.15, 0.2) is 9.84 Å². The first kappa shape index (κ1) is 18.8. The summed E-state index contributed by atoms with van der Waals surface area (Å²) in [4.78, 5) is 7.65. The number of fused-ring (bicyclic) bond motifs is 1.